The highest BCUT2D eigenvalue weighted by atomic mass is 16.4. The molecule has 3 aromatic heterocycles. The van der Waals surface area contributed by atoms with Gasteiger partial charge in [-0.2, -0.15) is 5.10 Å². The van der Waals surface area contributed by atoms with Crippen molar-refractivity contribution in [2.45, 2.75) is 52.6 Å². The van der Waals surface area contributed by atoms with Gasteiger partial charge in [-0.25, -0.2) is 4.98 Å². The number of aryl methyl sites for hydroxylation is 1. The number of hydrogen-bond donors (Lipinski definition) is 1. The number of carbonyl (C=O) groups is 2. The van der Waals surface area contributed by atoms with Crippen molar-refractivity contribution in [1.29, 1.82) is 0 Å². The molecule has 1 aromatic carbocycles. The van der Waals surface area contributed by atoms with E-state index in [1.165, 1.54) is 5.56 Å². The fourth-order valence-corrected chi connectivity index (χ4v) is 5.16. The van der Waals surface area contributed by atoms with Crippen LogP contribution >= 0.6 is 0 Å². The SMILES string of the molecule is Cn1nc(-c2ccccc2)cc1Cn1c2c(c3cccnc31)CCN(C(=O)CCCC(C)(C)C(=O)O)C2. The summed E-state index contributed by atoms with van der Waals surface area (Å²) in [7, 11) is 1.96. The zero-order chi connectivity index (χ0) is 26.2. The molecule has 4 heterocycles. The smallest absolute Gasteiger partial charge is 0.309 e. The van der Waals surface area contributed by atoms with Gasteiger partial charge in [0.2, 0.25) is 5.91 Å². The van der Waals surface area contributed by atoms with Crippen LogP contribution in [0.1, 0.15) is 50.1 Å². The van der Waals surface area contributed by atoms with Gasteiger partial charge in [0, 0.05) is 42.9 Å². The highest BCUT2D eigenvalue weighted by molar-refractivity contribution is 5.84. The molecule has 0 radical (unpaired) electrons. The minimum Gasteiger partial charge on any atom is -0.481 e. The molecule has 0 spiro atoms. The summed E-state index contributed by atoms with van der Waals surface area (Å²) in [6.45, 7) is 5.20. The molecule has 4 aromatic rings. The van der Waals surface area contributed by atoms with Crippen molar-refractivity contribution < 1.29 is 14.7 Å². The second-order valence-corrected chi connectivity index (χ2v) is 10.5. The molecule has 0 atom stereocenters. The molecule has 1 aliphatic rings. The number of nitrogens with zero attached hydrogens (tertiary/aromatic N) is 5. The third kappa shape index (κ3) is 4.88. The maximum absolute atomic E-state index is 13.1. The van der Waals surface area contributed by atoms with Crippen LogP contribution in [0.25, 0.3) is 22.3 Å². The lowest BCUT2D eigenvalue weighted by molar-refractivity contribution is -0.147. The molecular formula is C29H33N5O3. The maximum Gasteiger partial charge on any atom is 0.309 e. The lowest BCUT2D eigenvalue weighted by Gasteiger charge is -2.29. The Morgan fingerprint density at radius 3 is 2.65 bits per heavy atom. The lowest BCUT2D eigenvalue weighted by atomic mass is 9.87. The third-order valence-corrected chi connectivity index (χ3v) is 7.50. The summed E-state index contributed by atoms with van der Waals surface area (Å²) >= 11 is 0. The molecule has 8 heteroatoms. The molecule has 0 saturated heterocycles. The Balaban J connectivity index is 1.40. The Morgan fingerprint density at radius 2 is 1.89 bits per heavy atom. The summed E-state index contributed by atoms with van der Waals surface area (Å²) in [6, 6.07) is 16.3. The summed E-state index contributed by atoms with van der Waals surface area (Å²) in [4.78, 5) is 31.1. The first-order valence-corrected chi connectivity index (χ1v) is 12.8. The van der Waals surface area contributed by atoms with E-state index in [0.717, 1.165) is 40.1 Å². The van der Waals surface area contributed by atoms with Crippen molar-refractivity contribution in [3.63, 3.8) is 0 Å². The average molecular weight is 500 g/mol. The molecule has 0 saturated carbocycles. The molecule has 1 N–H and O–H groups in total. The molecule has 0 aliphatic carbocycles. The number of fused-ring (bicyclic) bond motifs is 3. The van der Waals surface area contributed by atoms with Crippen LogP contribution in [0.3, 0.4) is 0 Å². The number of carboxylic acid groups (broad SMARTS) is 1. The molecular weight excluding hydrogens is 466 g/mol. The minimum absolute atomic E-state index is 0.0727. The van der Waals surface area contributed by atoms with Crippen molar-refractivity contribution in [2.75, 3.05) is 6.54 Å². The van der Waals surface area contributed by atoms with Crippen LogP contribution in [-0.4, -0.2) is 47.8 Å². The van der Waals surface area contributed by atoms with E-state index in [9.17, 15) is 14.7 Å². The summed E-state index contributed by atoms with van der Waals surface area (Å²) in [6.07, 6.45) is 3.98. The van der Waals surface area contributed by atoms with Crippen LogP contribution < -0.4 is 0 Å². The van der Waals surface area contributed by atoms with Crippen LogP contribution in [0.4, 0.5) is 0 Å². The van der Waals surface area contributed by atoms with E-state index in [0.29, 0.717) is 38.9 Å². The Hall–Kier alpha value is -3.94. The Morgan fingerprint density at radius 1 is 1.11 bits per heavy atom. The second-order valence-electron chi connectivity index (χ2n) is 10.5. The monoisotopic (exact) mass is 499 g/mol. The third-order valence-electron chi connectivity index (χ3n) is 7.50. The van der Waals surface area contributed by atoms with Crippen LogP contribution in [0.15, 0.2) is 54.7 Å². The van der Waals surface area contributed by atoms with E-state index >= 15 is 0 Å². The van der Waals surface area contributed by atoms with Gasteiger partial charge in [0.1, 0.15) is 5.65 Å². The summed E-state index contributed by atoms with van der Waals surface area (Å²) in [5.74, 6) is -0.756. The van der Waals surface area contributed by atoms with Crippen LogP contribution in [0.5, 0.6) is 0 Å². The van der Waals surface area contributed by atoms with Gasteiger partial charge in [-0.3, -0.25) is 14.3 Å². The molecule has 0 bridgehead atoms. The number of benzene rings is 1. The second kappa shape index (κ2) is 9.84. The molecule has 0 unspecified atom stereocenters. The molecule has 5 rings (SSSR count). The molecule has 8 nitrogen and oxygen atoms in total. The molecule has 192 valence electrons. The first-order chi connectivity index (χ1) is 17.7. The predicted molar refractivity (Wildman–Crippen MR) is 142 cm³/mol. The van der Waals surface area contributed by atoms with Crippen LogP contribution in [0, 0.1) is 5.41 Å². The van der Waals surface area contributed by atoms with Crippen molar-refractivity contribution in [1.82, 2.24) is 24.2 Å². The summed E-state index contributed by atoms with van der Waals surface area (Å²) in [5, 5.41) is 15.2. The fourth-order valence-electron chi connectivity index (χ4n) is 5.16. The first kappa shape index (κ1) is 24.7. The number of aromatic nitrogens is 4. The van der Waals surface area contributed by atoms with Gasteiger partial charge < -0.3 is 14.6 Å². The minimum atomic E-state index is -0.829. The number of carboxylic acids is 1. The maximum atomic E-state index is 13.1. The Kier molecular flexibility index (Phi) is 6.58. The topological polar surface area (TPSA) is 93.3 Å². The Bertz CT molecular complexity index is 1450. The molecule has 0 fully saturated rings. The highest BCUT2D eigenvalue weighted by Crippen LogP contribution is 2.32. The van der Waals surface area contributed by atoms with Crippen molar-refractivity contribution in [3.05, 3.63) is 71.7 Å². The van der Waals surface area contributed by atoms with Crippen molar-refractivity contribution in [2.24, 2.45) is 12.5 Å². The summed E-state index contributed by atoms with van der Waals surface area (Å²) in [5.41, 5.74) is 5.53. The van der Waals surface area contributed by atoms with Gasteiger partial charge in [0.25, 0.3) is 0 Å². The number of amides is 1. The van der Waals surface area contributed by atoms with Gasteiger partial charge in [-0.15, -0.1) is 0 Å². The van der Waals surface area contributed by atoms with E-state index < -0.39 is 11.4 Å². The lowest BCUT2D eigenvalue weighted by Crippen LogP contribution is -2.37. The standard InChI is InChI=1S/C29H33N5O3/c1-29(2,28(36)37)14-7-12-26(35)33-16-13-22-23-11-8-15-30-27(23)34(25(22)19-33)18-21-17-24(31-32(21)3)20-9-5-4-6-10-20/h4-6,8-11,15,17H,7,12-14,16,18-19H2,1-3H3,(H,36,37). The van der Waals surface area contributed by atoms with Gasteiger partial charge in [0.05, 0.1) is 29.9 Å². The van der Waals surface area contributed by atoms with E-state index in [4.69, 9.17) is 10.1 Å². The van der Waals surface area contributed by atoms with Crippen LogP contribution in [0.2, 0.25) is 0 Å². The highest BCUT2D eigenvalue weighted by Gasteiger charge is 2.29. The molecule has 1 amide bonds. The first-order valence-electron chi connectivity index (χ1n) is 12.8. The number of carbonyl (C=O) groups excluding carboxylic acids is 1. The van der Waals surface area contributed by atoms with E-state index in [1.807, 2.05) is 47.1 Å². The van der Waals surface area contributed by atoms with E-state index in [1.54, 1.807) is 13.8 Å². The van der Waals surface area contributed by atoms with Gasteiger partial charge >= 0.3 is 5.97 Å². The summed E-state index contributed by atoms with van der Waals surface area (Å²) < 4.78 is 4.14. The molecule has 37 heavy (non-hydrogen) atoms. The number of rotatable bonds is 8. The van der Waals surface area contributed by atoms with E-state index in [2.05, 4.69) is 28.8 Å². The van der Waals surface area contributed by atoms with E-state index in [-0.39, 0.29) is 5.91 Å². The van der Waals surface area contributed by atoms with Gasteiger partial charge in [-0.05, 0) is 56.9 Å². The largest absolute Gasteiger partial charge is 0.481 e. The van der Waals surface area contributed by atoms with Crippen molar-refractivity contribution >= 4 is 22.9 Å². The van der Waals surface area contributed by atoms with Gasteiger partial charge in [0.15, 0.2) is 0 Å². The fraction of sp³-hybridized carbons (Fsp3) is 0.379. The Labute approximate surface area is 216 Å². The zero-order valence-corrected chi connectivity index (χ0v) is 21.6. The zero-order valence-electron chi connectivity index (χ0n) is 21.6. The normalized spacial score (nSPS) is 13.6. The van der Waals surface area contributed by atoms with Gasteiger partial charge in [-0.1, -0.05) is 30.3 Å². The number of hydrogen-bond acceptors (Lipinski definition) is 4. The van der Waals surface area contributed by atoms with Crippen molar-refractivity contribution in [3.8, 4) is 11.3 Å². The van der Waals surface area contributed by atoms with Crippen LogP contribution in [-0.2, 0) is 36.1 Å². The predicted octanol–water partition coefficient (Wildman–Crippen LogP) is 4.65. The number of aliphatic carboxylic acids is 1. The number of pyridine rings is 1. The molecule has 1 aliphatic heterocycles. The quantitative estimate of drug-likeness (QED) is 0.381. The average Bonchev–Trinajstić information content (AvgIpc) is 3.42.